The van der Waals surface area contributed by atoms with Crippen LogP contribution in [0.25, 0.3) is 32.8 Å². The molecule has 4 nitrogen and oxygen atoms in total. The van der Waals surface area contributed by atoms with E-state index in [0.717, 1.165) is 44.0 Å². The van der Waals surface area contributed by atoms with Crippen molar-refractivity contribution in [3.05, 3.63) is 23.3 Å². The third kappa shape index (κ3) is 2.57. The van der Waals surface area contributed by atoms with Crippen molar-refractivity contribution in [2.45, 2.75) is 41.5 Å². The monoisotopic (exact) mass is 332 g/mol. The summed E-state index contributed by atoms with van der Waals surface area (Å²) in [6.07, 6.45) is 0. The molecule has 0 radical (unpaired) electrons. The zero-order valence-corrected chi connectivity index (χ0v) is 15.4. The fraction of sp³-hybridized carbons (Fsp3) is 0.375. The Balaban J connectivity index is 0.000000410. The van der Waals surface area contributed by atoms with Gasteiger partial charge in [0.15, 0.2) is 0 Å². The van der Waals surface area contributed by atoms with E-state index < -0.39 is 0 Å². The summed E-state index contributed by atoms with van der Waals surface area (Å²) in [6.45, 7) is 12.1. The van der Waals surface area contributed by atoms with Crippen LogP contribution in [0.3, 0.4) is 0 Å². The van der Waals surface area contributed by atoms with Crippen LogP contribution >= 0.6 is 23.5 Å². The van der Waals surface area contributed by atoms with Gasteiger partial charge in [-0.2, -0.15) is 17.5 Å². The summed E-state index contributed by atoms with van der Waals surface area (Å²) in [5.74, 6) is 0. The van der Waals surface area contributed by atoms with Crippen LogP contribution in [0, 0.1) is 13.8 Å². The Kier molecular flexibility index (Phi) is 5.37. The lowest BCUT2D eigenvalue weighted by atomic mass is 10.0. The van der Waals surface area contributed by atoms with Crippen LogP contribution in [0.1, 0.15) is 38.8 Å². The van der Waals surface area contributed by atoms with Gasteiger partial charge in [-0.3, -0.25) is 0 Å². The van der Waals surface area contributed by atoms with Crippen molar-refractivity contribution in [2.75, 3.05) is 0 Å². The summed E-state index contributed by atoms with van der Waals surface area (Å²) in [5.41, 5.74) is 6.23. The molecule has 0 aliphatic rings. The molecule has 4 rings (SSSR count). The zero-order valence-electron chi connectivity index (χ0n) is 13.8. The number of rotatable bonds is 0. The van der Waals surface area contributed by atoms with Crippen LogP contribution in [-0.2, 0) is 0 Å². The maximum Gasteiger partial charge on any atom is 0.112 e. The molecule has 0 atom stereocenters. The van der Waals surface area contributed by atoms with Gasteiger partial charge in [0, 0.05) is 10.8 Å². The minimum absolute atomic E-state index is 0.980. The van der Waals surface area contributed by atoms with E-state index in [4.69, 9.17) is 0 Å². The quantitative estimate of drug-likeness (QED) is 0.425. The molecule has 0 aliphatic heterocycles. The Bertz CT molecular complexity index is 833. The van der Waals surface area contributed by atoms with Crippen LogP contribution in [-0.4, -0.2) is 17.5 Å². The molecule has 0 amide bonds. The van der Waals surface area contributed by atoms with E-state index in [2.05, 4.69) is 43.5 Å². The van der Waals surface area contributed by atoms with E-state index in [-0.39, 0.29) is 0 Å². The summed E-state index contributed by atoms with van der Waals surface area (Å²) >= 11 is 2.52. The molecule has 4 aromatic rings. The molecule has 0 spiro atoms. The highest BCUT2D eigenvalue weighted by Gasteiger charge is 2.14. The van der Waals surface area contributed by atoms with E-state index >= 15 is 0 Å². The SMILES string of the molecule is CC.CC.Cc1cc2c(cc(C)c3nsnc32)c2nsnc12. The van der Waals surface area contributed by atoms with Crippen molar-refractivity contribution >= 4 is 56.3 Å². The zero-order chi connectivity index (χ0) is 16.3. The Morgan fingerprint density at radius 1 is 0.591 bits per heavy atom. The second-order valence-electron chi connectivity index (χ2n) is 4.40. The van der Waals surface area contributed by atoms with Gasteiger partial charge < -0.3 is 0 Å². The number of nitrogens with zero attached hydrogens (tertiary/aromatic N) is 4. The number of fused-ring (bicyclic) bond motifs is 5. The van der Waals surface area contributed by atoms with Gasteiger partial charge in [0.25, 0.3) is 0 Å². The standard InChI is InChI=1S/C12H8N4S2.2C2H6/c1-5-3-7-8(11-9(5)13-17-15-11)4-6(2)10-12(7)16-18-14-10;2*1-2/h3-4H,1-2H3;2*1-2H3. The van der Waals surface area contributed by atoms with Gasteiger partial charge in [0.2, 0.25) is 0 Å². The lowest BCUT2D eigenvalue weighted by Crippen LogP contribution is -1.86. The Morgan fingerprint density at radius 3 is 1.27 bits per heavy atom. The van der Waals surface area contributed by atoms with E-state index in [9.17, 15) is 0 Å². The van der Waals surface area contributed by atoms with Crippen LogP contribution in [0.2, 0.25) is 0 Å². The summed E-state index contributed by atoms with van der Waals surface area (Å²) in [5, 5.41) is 2.25. The molecule has 0 unspecified atom stereocenters. The van der Waals surface area contributed by atoms with Crippen molar-refractivity contribution < 1.29 is 0 Å². The number of hydrogen-bond acceptors (Lipinski definition) is 6. The molecular formula is C16H20N4S2. The highest BCUT2D eigenvalue weighted by atomic mass is 32.1. The van der Waals surface area contributed by atoms with E-state index in [1.807, 2.05) is 27.7 Å². The Morgan fingerprint density at radius 2 is 0.909 bits per heavy atom. The highest BCUT2D eigenvalue weighted by Crippen LogP contribution is 2.33. The van der Waals surface area contributed by atoms with Gasteiger partial charge in [-0.1, -0.05) is 27.7 Å². The fourth-order valence-electron chi connectivity index (χ4n) is 2.37. The normalized spacial score (nSPS) is 10.3. The molecule has 6 heteroatoms. The maximum atomic E-state index is 4.43. The second kappa shape index (κ2) is 7.07. The van der Waals surface area contributed by atoms with E-state index in [1.165, 1.54) is 23.5 Å². The summed E-state index contributed by atoms with van der Waals surface area (Å²) in [7, 11) is 0. The lowest BCUT2D eigenvalue weighted by molar-refractivity contribution is 1.48. The molecule has 2 aromatic heterocycles. The predicted molar refractivity (Wildman–Crippen MR) is 98.1 cm³/mol. The van der Waals surface area contributed by atoms with Gasteiger partial charge in [-0.15, -0.1) is 0 Å². The third-order valence-corrected chi connectivity index (χ3v) is 4.30. The first kappa shape index (κ1) is 16.7. The average Bonchev–Trinajstić information content (AvgIpc) is 3.22. The van der Waals surface area contributed by atoms with Crippen molar-refractivity contribution in [3.63, 3.8) is 0 Å². The van der Waals surface area contributed by atoms with Gasteiger partial charge in [0.1, 0.15) is 22.1 Å². The van der Waals surface area contributed by atoms with Crippen LogP contribution in [0.15, 0.2) is 12.1 Å². The maximum absolute atomic E-state index is 4.43. The van der Waals surface area contributed by atoms with Crippen molar-refractivity contribution in [3.8, 4) is 0 Å². The predicted octanol–water partition coefficient (Wildman–Crippen LogP) is 5.52. The topological polar surface area (TPSA) is 51.6 Å². The molecular weight excluding hydrogens is 312 g/mol. The van der Waals surface area contributed by atoms with Crippen LogP contribution in [0.4, 0.5) is 0 Å². The molecule has 0 aliphatic carbocycles. The van der Waals surface area contributed by atoms with Gasteiger partial charge >= 0.3 is 0 Å². The molecule has 0 N–H and O–H groups in total. The smallest absolute Gasteiger partial charge is 0.112 e. The van der Waals surface area contributed by atoms with Crippen molar-refractivity contribution in [1.82, 2.24) is 17.5 Å². The average molecular weight is 332 g/mol. The second-order valence-corrected chi connectivity index (χ2v) is 5.46. The van der Waals surface area contributed by atoms with Gasteiger partial charge in [0.05, 0.1) is 23.5 Å². The minimum atomic E-state index is 0.980. The molecule has 2 heterocycles. The van der Waals surface area contributed by atoms with E-state index in [0.29, 0.717) is 0 Å². The Labute approximate surface area is 138 Å². The number of benzene rings is 2. The molecule has 2 aromatic carbocycles. The lowest BCUT2D eigenvalue weighted by Gasteiger charge is -2.03. The summed E-state index contributed by atoms with van der Waals surface area (Å²) < 4.78 is 17.6. The van der Waals surface area contributed by atoms with Crippen molar-refractivity contribution in [1.29, 1.82) is 0 Å². The molecule has 116 valence electrons. The first-order chi connectivity index (χ1) is 10.8. The first-order valence-electron chi connectivity index (χ1n) is 7.53. The third-order valence-electron chi connectivity index (χ3n) is 3.25. The number of aryl methyl sites for hydroxylation is 2. The van der Waals surface area contributed by atoms with Crippen molar-refractivity contribution in [2.24, 2.45) is 0 Å². The molecule has 0 fully saturated rings. The molecule has 0 saturated heterocycles. The van der Waals surface area contributed by atoms with Crippen LogP contribution < -0.4 is 0 Å². The molecule has 0 bridgehead atoms. The molecule has 0 saturated carbocycles. The van der Waals surface area contributed by atoms with Gasteiger partial charge in [-0.05, 0) is 37.1 Å². The molecule has 22 heavy (non-hydrogen) atoms. The van der Waals surface area contributed by atoms with Crippen LogP contribution in [0.5, 0.6) is 0 Å². The Hall–Kier alpha value is -1.66. The van der Waals surface area contributed by atoms with Gasteiger partial charge in [-0.25, -0.2) is 0 Å². The number of hydrogen-bond donors (Lipinski definition) is 0. The van der Waals surface area contributed by atoms with E-state index in [1.54, 1.807) is 0 Å². The summed E-state index contributed by atoms with van der Waals surface area (Å²) in [6, 6.07) is 4.28. The number of aromatic nitrogens is 4. The highest BCUT2D eigenvalue weighted by molar-refractivity contribution is 7.00. The largest absolute Gasteiger partial charge is 0.173 e. The first-order valence-corrected chi connectivity index (χ1v) is 8.99. The fourth-order valence-corrected chi connectivity index (χ4v) is 3.60. The summed E-state index contributed by atoms with van der Waals surface area (Å²) in [4.78, 5) is 0. The minimum Gasteiger partial charge on any atom is -0.173 e.